The molecule has 0 spiro atoms. The lowest BCUT2D eigenvalue weighted by molar-refractivity contribution is 0.0152. The number of hydrogen-bond donors (Lipinski definition) is 1. The number of alkyl halides is 2. The minimum atomic E-state index is -2.40. The Morgan fingerprint density at radius 3 is 2.80 bits per heavy atom. The maximum atomic E-state index is 11.7. The summed E-state index contributed by atoms with van der Waals surface area (Å²) in [5.41, 5.74) is 6.92. The van der Waals surface area contributed by atoms with E-state index in [0.29, 0.717) is 6.42 Å². The lowest BCUT2D eigenvalue weighted by atomic mass is 10.1. The maximum Gasteiger partial charge on any atom is 0.261 e. The lowest BCUT2D eigenvalue weighted by Crippen LogP contribution is -2.14. The zero-order chi connectivity index (χ0) is 11.3. The third kappa shape index (κ3) is 4.68. The summed E-state index contributed by atoms with van der Waals surface area (Å²) in [6, 6.07) is 1.90. The molecular weight excluding hydrogens is 220 g/mol. The number of hydrogen-bond acceptors (Lipinski definition) is 3. The molecule has 0 aliphatic rings. The summed E-state index contributed by atoms with van der Waals surface area (Å²) in [6.07, 6.45) is -1.83. The van der Waals surface area contributed by atoms with E-state index in [1.165, 1.54) is 4.88 Å². The van der Waals surface area contributed by atoms with E-state index in [-0.39, 0.29) is 12.6 Å². The highest BCUT2D eigenvalue weighted by atomic mass is 32.1. The Balaban J connectivity index is 2.21. The molecule has 1 unspecified atom stereocenters. The van der Waals surface area contributed by atoms with E-state index in [1.807, 2.05) is 18.4 Å². The van der Waals surface area contributed by atoms with Crippen LogP contribution in [0.4, 0.5) is 8.78 Å². The van der Waals surface area contributed by atoms with Crippen molar-refractivity contribution in [3.05, 3.63) is 21.9 Å². The van der Waals surface area contributed by atoms with E-state index >= 15 is 0 Å². The van der Waals surface area contributed by atoms with Crippen molar-refractivity contribution in [3.8, 4) is 0 Å². The van der Waals surface area contributed by atoms with Gasteiger partial charge in [0, 0.05) is 17.5 Å². The topological polar surface area (TPSA) is 35.2 Å². The Kier molecular flexibility index (Phi) is 5.14. The molecule has 0 radical (unpaired) electrons. The van der Waals surface area contributed by atoms with E-state index in [4.69, 9.17) is 10.5 Å². The van der Waals surface area contributed by atoms with Crippen molar-refractivity contribution in [1.29, 1.82) is 0 Å². The van der Waals surface area contributed by atoms with Gasteiger partial charge in [-0.05, 0) is 30.4 Å². The van der Waals surface area contributed by atoms with E-state index < -0.39 is 13.0 Å². The number of rotatable bonds is 6. The third-order valence-electron chi connectivity index (χ3n) is 2.00. The Labute approximate surface area is 92.0 Å². The number of nitrogens with two attached hydrogens (primary N) is 1. The van der Waals surface area contributed by atoms with Gasteiger partial charge in [-0.3, -0.25) is 0 Å². The first-order chi connectivity index (χ1) is 7.09. The van der Waals surface area contributed by atoms with Crippen molar-refractivity contribution in [2.24, 2.45) is 5.73 Å². The molecule has 1 aromatic heterocycles. The predicted octanol–water partition coefficient (Wildman–Crippen LogP) is 2.73. The number of aryl methyl sites for hydroxylation is 1. The van der Waals surface area contributed by atoms with Gasteiger partial charge in [-0.1, -0.05) is 0 Å². The summed E-state index contributed by atoms with van der Waals surface area (Å²) in [7, 11) is 0. The van der Waals surface area contributed by atoms with Crippen LogP contribution in [0.25, 0.3) is 0 Å². The monoisotopic (exact) mass is 235 g/mol. The van der Waals surface area contributed by atoms with Gasteiger partial charge in [0.15, 0.2) is 0 Å². The van der Waals surface area contributed by atoms with Crippen LogP contribution in [-0.4, -0.2) is 19.6 Å². The molecular formula is C10H15F2NOS. The van der Waals surface area contributed by atoms with Crippen LogP contribution >= 0.6 is 11.3 Å². The summed E-state index contributed by atoms with van der Waals surface area (Å²) >= 11 is 1.64. The van der Waals surface area contributed by atoms with Crippen LogP contribution in [0.5, 0.6) is 0 Å². The number of thiophene rings is 1. The van der Waals surface area contributed by atoms with Crippen molar-refractivity contribution in [2.75, 3.05) is 13.2 Å². The molecule has 5 heteroatoms. The molecule has 86 valence electrons. The molecule has 15 heavy (non-hydrogen) atoms. The minimum Gasteiger partial charge on any atom is -0.375 e. The Morgan fingerprint density at radius 2 is 2.27 bits per heavy atom. The second-order valence-corrected chi connectivity index (χ2v) is 4.47. The molecule has 1 atom stereocenters. The van der Waals surface area contributed by atoms with Crippen LogP contribution in [0.2, 0.25) is 0 Å². The molecule has 0 saturated carbocycles. The van der Waals surface area contributed by atoms with E-state index in [2.05, 4.69) is 0 Å². The summed E-state index contributed by atoms with van der Waals surface area (Å²) in [4.78, 5) is 1.20. The van der Waals surface area contributed by atoms with Gasteiger partial charge in [0.05, 0.1) is 0 Å². The zero-order valence-electron chi connectivity index (χ0n) is 8.58. The summed E-state index contributed by atoms with van der Waals surface area (Å²) in [6.45, 7) is 1.78. The third-order valence-corrected chi connectivity index (χ3v) is 2.88. The molecule has 1 rings (SSSR count). The van der Waals surface area contributed by atoms with Crippen molar-refractivity contribution in [3.63, 3.8) is 0 Å². The minimum absolute atomic E-state index is 0.118. The Hall–Kier alpha value is -0.520. The standard InChI is InChI=1S/C10H15F2NOS/c1-7-4-8(6-15-7)9(13)2-3-14-5-10(11)12/h4,6,9-10H,2-3,5,13H2,1H3. The molecule has 0 amide bonds. The van der Waals surface area contributed by atoms with Crippen LogP contribution in [-0.2, 0) is 4.74 Å². The summed E-state index contributed by atoms with van der Waals surface area (Å²) in [5.74, 6) is 0. The molecule has 1 heterocycles. The quantitative estimate of drug-likeness (QED) is 0.769. The highest BCUT2D eigenvalue weighted by Crippen LogP contribution is 2.20. The average Bonchev–Trinajstić information content (AvgIpc) is 2.59. The molecule has 0 fully saturated rings. The number of ether oxygens (including phenoxy) is 1. The van der Waals surface area contributed by atoms with Gasteiger partial charge in [0.2, 0.25) is 0 Å². The molecule has 0 saturated heterocycles. The summed E-state index contributed by atoms with van der Waals surface area (Å²) in [5, 5.41) is 1.99. The van der Waals surface area contributed by atoms with Crippen LogP contribution < -0.4 is 5.73 Å². The molecule has 0 bridgehead atoms. The highest BCUT2D eigenvalue weighted by Gasteiger charge is 2.08. The van der Waals surface area contributed by atoms with Gasteiger partial charge in [-0.15, -0.1) is 11.3 Å². The van der Waals surface area contributed by atoms with Crippen LogP contribution in [0.1, 0.15) is 22.9 Å². The fourth-order valence-corrected chi connectivity index (χ4v) is 1.98. The molecule has 2 nitrogen and oxygen atoms in total. The normalized spacial score (nSPS) is 13.4. The van der Waals surface area contributed by atoms with Crippen LogP contribution in [0.3, 0.4) is 0 Å². The first-order valence-electron chi connectivity index (χ1n) is 4.76. The Morgan fingerprint density at radius 1 is 1.53 bits per heavy atom. The van der Waals surface area contributed by atoms with Crippen molar-refractivity contribution in [2.45, 2.75) is 25.8 Å². The first-order valence-corrected chi connectivity index (χ1v) is 5.64. The smallest absolute Gasteiger partial charge is 0.261 e. The van der Waals surface area contributed by atoms with Crippen molar-refractivity contribution in [1.82, 2.24) is 0 Å². The molecule has 0 aliphatic carbocycles. The second kappa shape index (κ2) is 6.15. The fourth-order valence-electron chi connectivity index (χ4n) is 1.21. The Bertz CT molecular complexity index is 291. The van der Waals surface area contributed by atoms with E-state index in [0.717, 1.165) is 5.56 Å². The largest absolute Gasteiger partial charge is 0.375 e. The average molecular weight is 235 g/mol. The summed E-state index contributed by atoms with van der Waals surface area (Å²) < 4.78 is 28.2. The van der Waals surface area contributed by atoms with Gasteiger partial charge in [-0.25, -0.2) is 8.78 Å². The fraction of sp³-hybridized carbons (Fsp3) is 0.600. The van der Waals surface area contributed by atoms with Gasteiger partial charge in [-0.2, -0.15) is 0 Å². The molecule has 0 aliphatic heterocycles. The van der Waals surface area contributed by atoms with E-state index in [1.54, 1.807) is 11.3 Å². The molecule has 2 N–H and O–H groups in total. The maximum absolute atomic E-state index is 11.7. The van der Waals surface area contributed by atoms with Gasteiger partial charge in [0.25, 0.3) is 6.43 Å². The van der Waals surface area contributed by atoms with Gasteiger partial charge >= 0.3 is 0 Å². The zero-order valence-corrected chi connectivity index (χ0v) is 9.40. The molecule has 1 aromatic rings. The van der Waals surface area contributed by atoms with Gasteiger partial charge < -0.3 is 10.5 Å². The van der Waals surface area contributed by atoms with Crippen molar-refractivity contribution >= 4 is 11.3 Å². The second-order valence-electron chi connectivity index (χ2n) is 3.35. The first kappa shape index (κ1) is 12.5. The molecule has 0 aromatic carbocycles. The van der Waals surface area contributed by atoms with Gasteiger partial charge in [0.1, 0.15) is 6.61 Å². The van der Waals surface area contributed by atoms with E-state index in [9.17, 15) is 8.78 Å². The van der Waals surface area contributed by atoms with Crippen LogP contribution in [0.15, 0.2) is 11.4 Å². The van der Waals surface area contributed by atoms with Crippen LogP contribution in [0, 0.1) is 6.92 Å². The number of halogens is 2. The van der Waals surface area contributed by atoms with Crippen molar-refractivity contribution < 1.29 is 13.5 Å². The lowest BCUT2D eigenvalue weighted by Gasteiger charge is -2.09. The highest BCUT2D eigenvalue weighted by molar-refractivity contribution is 7.10. The SMILES string of the molecule is Cc1cc(C(N)CCOCC(F)F)cs1. The predicted molar refractivity (Wildman–Crippen MR) is 57.4 cm³/mol.